The molecule has 0 bridgehead atoms. The van der Waals surface area contributed by atoms with Crippen LogP contribution in [-0.2, 0) is 11.8 Å². The van der Waals surface area contributed by atoms with Crippen molar-refractivity contribution in [2.24, 2.45) is 7.05 Å². The molecule has 0 fully saturated rings. The van der Waals surface area contributed by atoms with Gasteiger partial charge in [-0.3, -0.25) is 9.48 Å². The second-order valence-corrected chi connectivity index (χ2v) is 5.29. The molecule has 0 radical (unpaired) electrons. The van der Waals surface area contributed by atoms with Gasteiger partial charge in [-0.05, 0) is 30.9 Å². The molecular weight excluding hydrogens is 252 g/mol. The van der Waals surface area contributed by atoms with Gasteiger partial charge in [0.2, 0.25) is 0 Å². The van der Waals surface area contributed by atoms with Crippen molar-refractivity contribution in [3.05, 3.63) is 41.2 Å². The van der Waals surface area contributed by atoms with Crippen LogP contribution in [0.5, 0.6) is 0 Å². The van der Waals surface area contributed by atoms with Crippen LogP contribution in [0.25, 0.3) is 11.1 Å². The van der Waals surface area contributed by atoms with Gasteiger partial charge in [0.25, 0.3) is 0 Å². The van der Waals surface area contributed by atoms with E-state index in [0.29, 0.717) is 0 Å². The number of nitrogens with zero attached hydrogens (tertiary/aromatic N) is 2. The smallest absolute Gasteiger partial charge is 0.303 e. The summed E-state index contributed by atoms with van der Waals surface area (Å²) in [5.41, 5.74) is 5.48. The van der Waals surface area contributed by atoms with Crippen LogP contribution >= 0.6 is 0 Å². The Morgan fingerprint density at radius 1 is 1.30 bits per heavy atom. The summed E-state index contributed by atoms with van der Waals surface area (Å²) in [5.74, 6) is -0.738. The van der Waals surface area contributed by atoms with Crippen LogP contribution in [0, 0.1) is 13.8 Å². The maximum atomic E-state index is 10.8. The number of rotatable bonds is 4. The average Bonchev–Trinajstić information content (AvgIpc) is 2.63. The van der Waals surface area contributed by atoms with Crippen molar-refractivity contribution in [1.29, 1.82) is 0 Å². The summed E-state index contributed by atoms with van der Waals surface area (Å²) in [6.45, 7) is 5.99. The van der Waals surface area contributed by atoms with E-state index < -0.39 is 5.97 Å². The number of aryl methyl sites for hydroxylation is 2. The number of carboxylic acid groups (broad SMARTS) is 1. The number of aromatic nitrogens is 2. The van der Waals surface area contributed by atoms with Gasteiger partial charge in [-0.2, -0.15) is 5.10 Å². The summed E-state index contributed by atoms with van der Waals surface area (Å²) in [4.78, 5) is 10.8. The van der Waals surface area contributed by atoms with Gasteiger partial charge in [0.05, 0.1) is 12.1 Å². The molecule has 0 aliphatic rings. The Kier molecular flexibility index (Phi) is 3.93. The van der Waals surface area contributed by atoms with Gasteiger partial charge < -0.3 is 5.11 Å². The van der Waals surface area contributed by atoms with Crippen molar-refractivity contribution in [2.45, 2.75) is 33.1 Å². The Labute approximate surface area is 119 Å². The second-order valence-electron chi connectivity index (χ2n) is 5.29. The molecular formula is C16H20N2O2. The normalized spacial score (nSPS) is 12.4. The summed E-state index contributed by atoms with van der Waals surface area (Å²) in [6.07, 6.45) is 0.157. The molecule has 1 aromatic heterocycles. The lowest BCUT2D eigenvalue weighted by Gasteiger charge is -2.10. The van der Waals surface area contributed by atoms with Crippen LogP contribution in [0.4, 0.5) is 0 Å². The summed E-state index contributed by atoms with van der Waals surface area (Å²) in [7, 11) is 1.94. The van der Waals surface area contributed by atoms with Crippen LogP contribution in [0.1, 0.15) is 36.2 Å². The van der Waals surface area contributed by atoms with Crippen LogP contribution in [0.2, 0.25) is 0 Å². The SMILES string of the molecule is Cc1nn(C)c(C)c1-c1ccc(C(C)CC(=O)O)cc1. The van der Waals surface area contributed by atoms with Gasteiger partial charge in [0.15, 0.2) is 0 Å². The molecule has 2 rings (SSSR count). The lowest BCUT2D eigenvalue weighted by atomic mass is 9.95. The Bertz CT molecular complexity index is 627. The molecule has 0 saturated carbocycles. The molecule has 1 N–H and O–H groups in total. The summed E-state index contributed by atoms with van der Waals surface area (Å²) < 4.78 is 1.88. The predicted molar refractivity (Wildman–Crippen MR) is 78.8 cm³/mol. The summed E-state index contributed by atoms with van der Waals surface area (Å²) in [5, 5.41) is 13.3. The van der Waals surface area contributed by atoms with Gasteiger partial charge in [-0.1, -0.05) is 31.2 Å². The topological polar surface area (TPSA) is 55.1 Å². The zero-order valence-electron chi connectivity index (χ0n) is 12.3. The number of aliphatic carboxylic acids is 1. The monoisotopic (exact) mass is 272 g/mol. The third kappa shape index (κ3) is 2.74. The maximum Gasteiger partial charge on any atom is 0.303 e. The van der Waals surface area contributed by atoms with E-state index >= 15 is 0 Å². The van der Waals surface area contributed by atoms with Crippen molar-refractivity contribution in [3.63, 3.8) is 0 Å². The zero-order chi connectivity index (χ0) is 14.9. The standard InChI is InChI=1S/C16H20N2O2/c1-10(9-15(19)20)13-5-7-14(8-6-13)16-11(2)17-18(4)12(16)3/h5-8,10H,9H2,1-4H3,(H,19,20). The fourth-order valence-electron chi connectivity index (χ4n) is 2.55. The molecule has 0 aliphatic carbocycles. The number of carboxylic acids is 1. The van der Waals surface area contributed by atoms with Crippen molar-refractivity contribution in [1.82, 2.24) is 9.78 Å². The van der Waals surface area contributed by atoms with Crippen LogP contribution in [0.3, 0.4) is 0 Å². The van der Waals surface area contributed by atoms with Crippen LogP contribution < -0.4 is 0 Å². The fraction of sp³-hybridized carbons (Fsp3) is 0.375. The first-order valence-corrected chi connectivity index (χ1v) is 6.72. The zero-order valence-corrected chi connectivity index (χ0v) is 12.3. The Morgan fingerprint density at radius 2 is 1.90 bits per heavy atom. The Balaban J connectivity index is 2.30. The first kappa shape index (κ1) is 14.3. The van der Waals surface area contributed by atoms with E-state index in [4.69, 9.17) is 5.11 Å². The van der Waals surface area contributed by atoms with Gasteiger partial charge in [0, 0.05) is 18.3 Å². The highest BCUT2D eigenvalue weighted by Crippen LogP contribution is 2.28. The average molecular weight is 272 g/mol. The van der Waals surface area contributed by atoms with Crippen molar-refractivity contribution >= 4 is 5.97 Å². The predicted octanol–water partition coefficient (Wildman–Crippen LogP) is 3.28. The molecule has 0 spiro atoms. The molecule has 4 heteroatoms. The first-order chi connectivity index (χ1) is 9.40. The fourth-order valence-corrected chi connectivity index (χ4v) is 2.55. The van der Waals surface area contributed by atoms with Gasteiger partial charge in [0.1, 0.15) is 0 Å². The van der Waals surface area contributed by atoms with Crippen molar-refractivity contribution in [3.8, 4) is 11.1 Å². The molecule has 4 nitrogen and oxygen atoms in total. The molecule has 1 heterocycles. The van der Waals surface area contributed by atoms with Gasteiger partial charge in [-0.15, -0.1) is 0 Å². The molecule has 20 heavy (non-hydrogen) atoms. The number of hydrogen-bond acceptors (Lipinski definition) is 2. The molecule has 0 amide bonds. The van der Waals surface area contributed by atoms with E-state index in [2.05, 4.69) is 12.0 Å². The largest absolute Gasteiger partial charge is 0.481 e. The van der Waals surface area contributed by atoms with Gasteiger partial charge >= 0.3 is 5.97 Å². The molecule has 0 aliphatic heterocycles. The Hall–Kier alpha value is -2.10. The second kappa shape index (κ2) is 5.49. The minimum absolute atomic E-state index is 0.0256. The molecule has 106 valence electrons. The highest BCUT2D eigenvalue weighted by Gasteiger charge is 2.13. The van der Waals surface area contributed by atoms with E-state index in [1.165, 1.54) is 0 Å². The van der Waals surface area contributed by atoms with E-state index in [1.807, 2.05) is 49.8 Å². The van der Waals surface area contributed by atoms with E-state index in [9.17, 15) is 4.79 Å². The lowest BCUT2D eigenvalue weighted by molar-refractivity contribution is -0.137. The Morgan fingerprint density at radius 3 is 2.35 bits per heavy atom. The summed E-state index contributed by atoms with van der Waals surface area (Å²) in [6, 6.07) is 8.11. The molecule has 1 atom stereocenters. The maximum absolute atomic E-state index is 10.8. The number of benzene rings is 1. The molecule has 1 aromatic carbocycles. The minimum Gasteiger partial charge on any atom is -0.481 e. The van der Waals surface area contributed by atoms with Crippen LogP contribution in [-0.4, -0.2) is 20.9 Å². The van der Waals surface area contributed by atoms with Gasteiger partial charge in [-0.25, -0.2) is 0 Å². The lowest BCUT2D eigenvalue weighted by Crippen LogP contribution is -2.02. The molecule has 2 aromatic rings. The molecule has 1 unspecified atom stereocenters. The number of carbonyl (C=O) groups is 1. The quantitative estimate of drug-likeness (QED) is 0.929. The van der Waals surface area contributed by atoms with Crippen molar-refractivity contribution in [2.75, 3.05) is 0 Å². The van der Waals surface area contributed by atoms with Crippen LogP contribution in [0.15, 0.2) is 24.3 Å². The van der Waals surface area contributed by atoms with E-state index in [-0.39, 0.29) is 12.3 Å². The first-order valence-electron chi connectivity index (χ1n) is 6.72. The minimum atomic E-state index is -0.763. The summed E-state index contributed by atoms with van der Waals surface area (Å²) >= 11 is 0. The van der Waals surface area contributed by atoms with E-state index in [0.717, 1.165) is 28.1 Å². The van der Waals surface area contributed by atoms with E-state index in [1.54, 1.807) is 0 Å². The molecule has 0 saturated heterocycles. The number of hydrogen-bond donors (Lipinski definition) is 1. The van der Waals surface area contributed by atoms with Crippen molar-refractivity contribution < 1.29 is 9.90 Å². The highest BCUT2D eigenvalue weighted by molar-refractivity contribution is 5.70. The third-order valence-corrected chi connectivity index (χ3v) is 3.76. The third-order valence-electron chi connectivity index (χ3n) is 3.76. The highest BCUT2D eigenvalue weighted by atomic mass is 16.4.